The van der Waals surface area contributed by atoms with Crippen LogP contribution in [-0.4, -0.2) is 18.9 Å². The second-order valence-electron chi connectivity index (χ2n) is 4.69. The highest BCUT2D eigenvalue weighted by atomic mass is 35.5. The average molecular weight is 321 g/mol. The molecule has 108 valence electrons. The largest absolute Gasteiger partial charge is 0.488 e. The number of halogens is 2. The Bertz CT molecular complexity index is 686. The predicted octanol–water partition coefficient (Wildman–Crippen LogP) is 3.92. The molecule has 1 N–H and O–H groups in total. The van der Waals surface area contributed by atoms with E-state index in [-0.39, 0.29) is 0 Å². The van der Waals surface area contributed by atoms with Crippen molar-refractivity contribution >= 4 is 29.0 Å². The number of hydrogen-bond acceptors (Lipinski definition) is 3. The molecule has 2 aromatic rings. The van der Waals surface area contributed by atoms with Gasteiger partial charge in [-0.05, 0) is 29.8 Å². The SMILES string of the molecule is Clc1ccc(COc2ccccc2C2=NCCN2)cc1Cl. The van der Waals surface area contributed by atoms with E-state index >= 15 is 0 Å². The van der Waals surface area contributed by atoms with Crippen LogP contribution in [0.25, 0.3) is 0 Å². The Labute approximate surface area is 133 Å². The molecule has 3 nitrogen and oxygen atoms in total. The zero-order valence-electron chi connectivity index (χ0n) is 11.3. The highest BCUT2D eigenvalue weighted by Crippen LogP contribution is 2.24. The topological polar surface area (TPSA) is 33.6 Å². The molecule has 0 aromatic heterocycles. The maximum absolute atomic E-state index is 6.01. The fraction of sp³-hybridized carbons (Fsp3) is 0.188. The molecule has 0 radical (unpaired) electrons. The maximum atomic E-state index is 6.01. The number of aliphatic imine (C=N–C) groups is 1. The Kier molecular flexibility index (Phi) is 4.32. The number of rotatable bonds is 4. The van der Waals surface area contributed by atoms with Crippen molar-refractivity contribution in [3.05, 3.63) is 63.6 Å². The van der Waals surface area contributed by atoms with Crippen LogP contribution in [0.4, 0.5) is 0 Å². The third-order valence-corrected chi connectivity index (χ3v) is 3.93. The first-order valence-corrected chi connectivity index (χ1v) is 7.44. The quantitative estimate of drug-likeness (QED) is 0.926. The van der Waals surface area contributed by atoms with E-state index in [1.165, 1.54) is 0 Å². The van der Waals surface area contributed by atoms with Crippen LogP contribution in [0.5, 0.6) is 5.75 Å². The summed E-state index contributed by atoms with van der Waals surface area (Å²) in [6, 6.07) is 13.4. The number of hydrogen-bond donors (Lipinski definition) is 1. The lowest BCUT2D eigenvalue weighted by molar-refractivity contribution is 0.305. The molecule has 1 aliphatic rings. The van der Waals surface area contributed by atoms with Crippen molar-refractivity contribution in [1.29, 1.82) is 0 Å². The summed E-state index contributed by atoms with van der Waals surface area (Å²) in [5.41, 5.74) is 1.95. The van der Waals surface area contributed by atoms with Crippen molar-refractivity contribution in [2.75, 3.05) is 13.1 Å². The summed E-state index contributed by atoms with van der Waals surface area (Å²) in [6.45, 7) is 2.11. The number of nitrogens with one attached hydrogen (secondary N) is 1. The summed E-state index contributed by atoms with van der Waals surface area (Å²) in [4.78, 5) is 4.43. The Hall–Kier alpha value is -1.71. The number of ether oxygens (including phenoxy) is 1. The maximum Gasteiger partial charge on any atom is 0.132 e. The van der Waals surface area contributed by atoms with Gasteiger partial charge in [-0.15, -0.1) is 0 Å². The summed E-state index contributed by atoms with van der Waals surface area (Å²) < 4.78 is 5.91. The normalized spacial score (nSPS) is 13.7. The van der Waals surface area contributed by atoms with Gasteiger partial charge in [0.05, 0.1) is 22.2 Å². The van der Waals surface area contributed by atoms with Crippen LogP contribution in [0, 0.1) is 0 Å². The monoisotopic (exact) mass is 320 g/mol. The lowest BCUT2D eigenvalue weighted by atomic mass is 10.2. The minimum absolute atomic E-state index is 0.432. The molecule has 0 atom stereocenters. The first kappa shape index (κ1) is 14.2. The predicted molar refractivity (Wildman–Crippen MR) is 86.6 cm³/mol. The van der Waals surface area contributed by atoms with Crippen molar-refractivity contribution in [2.45, 2.75) is 6.61 Å². The lowest BCUT2D eigenvalue weighted by Gasteiger charge is -2.12. The molecule has 0 fully saturated rings. The van der Waals surface area contributed by atoms with Crippen LogP contribution in [0.2, 0.25) is 10.0 Å². The molecule has 0 aliphatic carbocycles. The Balaban J connectivity index is 1.77. The number of nitrogens with zero attached hydrogens (tertiary/aromatic N) is 1. The van der Waals surface area contributed by atoms with Crippen molar-refractivity contribution in [3.63, 3.8) is 0 Å². The van der Waals surface area contributed by atoms with Gasteiger partial charge in [0.2, 0.25) is 0 Å². The first-order valence-electron chi connectivity index (χ1n) is 6.68. The zero-order chi connectivity index (χ0) is 14.7. The van der Waals surface area contributed by atoms with Crippen LogP contribution in [0.1, 0.15) is 11.1 Å². The minimum Gasteiger partial charge on any atom is -0.488 e. The molecule has 1 aliphatic heterocycles. The van der Waals surface area contributed by atoms with Crippen LogP contribution in [0.3, 0.4) is 0 Å². The third kappa shape index (κ3) is 3.31. The Morgan fingerprint density at radius 1 is 1.10 bits per heavy atom. The molecular weight excluding hydrogens is 307 g/mol. The van der Waals surface area contributed by atoms with Crippen molar-refractivity contribution in [1.82, 2.24) is 5.32 Å². The fourth-order valence-corrected chi connectivity index (χ4v) is 2.48. The van der Waals surface area contributed by atoms with Gasteiger partial charge in [0.25, 0.3) is 0 Å². The van der Waals surface area contributed by atoms with Gasteiger partial charge in [-0.2, -0.15) is 0 Å². The van der Waals surface area contributed by atoms with Gasteiger partial charge >= 0.3 is 0 Å². The summed E-state index contributed by atoms with van der Waals surface area (Å²) in [6.07, 6.45) is 0. The number of para-hydroxylation sites is 1. The van der Waals surface area contributed by atoms with Crippen LogP contribution < -0.4 is 10.1 Å². The second-order valence-corrected chi connectivity index (χ2v) is 5.50. The molecule has 0 bridgehead atoms. The van der Waals surface area contributed by atoms with Gasteiger partial charge < -0.3 is 10.1 Å². The number of benzene rings is 2. The Morgan fingerprint density at radius 3 is 2.71 bits per heavy atom. The van der Waals surface area contributed by atoms with E-state index in [1.807, 2.05) is 36.4 Å². The van der Waals surface area contributed by atoms with Gasteiger partial charge in [-0.1, -0.05) is 41.4 Å². The molecule has 0 saturated heterocycles. The van der Waals surface area contributed by atoms with E-state index in [9.17, 15) is 0 Å². The van der Waals surface area contributed by atoms with E-state index in [1.54, 1.807) is 6.07 Å². The van der Waals surface area contributed by atoms with E-state index in [0.29, 0.717) is 16.7 Å². The van der Waals surface area contributed by atoms with Gasteiger partial charge in [0.15, 0.2) is 0 Å². The highest BCUT2D eigenvalue weighted by molar-refractivity contribution is 6.42. The molecular formula is C16H14Cl2N2O. The van der Waals surface area contributed by atoms with Gasteiger partial charge in [-0.3, -0.25) is 4.99 Å². The smallest absolute Gasteiger partial charge is 0.132 e. The van der Waals surface area contributed by atoms with E-state index in [0.717, 1.165) is 35.8 Å². The summed E-state index contributed by atoms with van der Waals surface area (Å²) >= 11 is 11.9. The zero-order valence-corrected chi connectivity index (χ0v) is 12.8. The van der Waals surface area contributed by atoms with Gasteiger partial charge in [0.1, 0.15) is 18.2 Å². The molecule has 0 amide bonds. The Morgan fingerprint density at radius 2 is 1.95 bits per heavy atom. The van der Waals surface area contributed by atoms with Gasteiger partial charge in [-0.25, -0.2) is 0 Å². The summed E-state index contributed by atoms with van der Waals surface area (Å²) in [5.74, 6) is 1.69. The van der Waals surface area contributed by atoms with Gasteiger partial charge in [0, 0.05) is 6.54 Å². The molecule has 21 heavy (non-hydrogen) atoms. The lowest BCUT2D eigenvalue weighted by Crippen LogP contribution is -2.20. The van der Waals surface area contributed by atoms with Crippen molar-refractivity contribution in [3.8, 4) is 5.75 Å². The summed E-state index contributed by atoms with van der Waals surface area (Å²) in [5, 5.41) is 4.34. The molecule has 3 rings (SSSR count). The van der Waals surface area contributed by atoms with Crippen LogP contribution in [-0.2, 0) is 6.61 Å². The fourth-order valence-electron chi connectivity index (χ4n) is 2.16. The summed E-state index contributed by atoms with van der Waals surface area (Å²) in [7, 11) is 0. The minimum atomic E-state index is 0.432. The van der Waals surface area contributed by atoms with Crippen LogP contribution in [0.15, 0.2) is 47.5 Å². The molecule has 0 saturated carbocycles. The van der Waals surface area contributed by atoms with Crippen LogP contribution >= 0.6 is 23.2 Å². The van der Waals surface area contributed by atoms with E-state index in [2.05, 4.69) is 10.3 Å². The average Bonchev–Trinajstić information content (AvgIpc) is 3.03. The molecule has 2 aromatic carbocycles. The molecule has 0 spiro atoms. The van der Waals surface area contributed by atoms with Crippen molar-refractivity contribution < 1.29 is 4.74 Å². The standard InChI is InChI=1S/C16H14Cl2N2O/c17-13-6-5-11(9-14(13)18)10-21-15-4-2-1-3-12(15)16-19-7-8-20-16/h1-6,9H,7-8,10H2,(H,19,20). The molecule has 1 heterocycles. The number of amidine groups is 1. The van der Waals surface area contributed by atoms with Crippen molar-refractivity contribution in [2.24, 2.45) is 4.99 Å². The first-order chi connectivity index (χ1) is 10.2. The molecule has 5 heteroatoms. The third-order valence-electron chi connectivity index (χ3n) is 3.19. The van der Waals surface area contributed by atoms with E-state index in [4.69, 9.17) is 27.9 Å². The molecule has 0 unspecified atom stereocenters. The highest BCUT2D eigenvalue weighted by Gasteiger charge is 2.13. The van der Waals surface area contributed by atoms with E-state index < -0.39 is 0 Å². The second kappa shape index (κ2) is 6.37.